The van der Waals surface area contributed by atoms with Crippen LogP contribution < -0.4 is 10.2 Å². The number of halogens is 1. The Kier molecular flexibility index (Phi) is 8.50. The van der Waals surface area contributed by atoms with Crippen LogP contribution in [-0.2, 0) is 4.79 Å². The number of nitriles is 1. The number of nitrogens with zero attached hydrogens (tertiary/aromatic N) is 3. The summed E-state index contributed by atoms with van der Waals surface area (Å²) in [7, 11) is 0. The lowest BCUT2D eigenvalue weighted by Crippen LogP contribution is -2.47. The fourth-order valence-corrected chi connectivity index (χ4v) is 4.60. The lowest BCUT2D eigenvalue weighted by atomic mass is 9.84. The van der Waals surface area contributed by atoms with Gasteiger partial charge in [0.25, 0.3) is 0 Å². The van der Waals surface area contributed by atoms with Crippen LogP contribution >= 0.6 is 0 Å². The van der Waals surface area contributed by atoms with Gasteiger partial charge in [-0.2, -0.15) is 5.26 Å². The average Bonchev–Trinajstić information content (AvgIpc) is 2.76. The van der Waals surface area contributed by atoms with Crippen molar-refractivity contribution in [1.29, 1.82) is 5.26 Å². The predicted octanol–water partition coefficient (Wildman–Crippen LogP) is 4.02. The van der Waals surface area contributed by atoms with E-state index in [9.17, 15) is 9.18 Å². The summed E-state index contributed by atoms with van der Waals surface area (Å²) >= 11 is 0. The zero-order chi connectivity index (χ0) is 21.3. The first kappa shape index (κ1) is 22.6. The summed E-state index contributed by atoms with van der Waals surface area (Å²) in [4.78, 5) is 16.7. The highest BCUT2D eigenvalue weighted by atomic mass is 19.1. The number of amides is 1. The highest BCUT2D eigenvalue weighted by Crippen LogP contribution is 2.27. The minimum Gasteiger partial charge on any atom is -0.369 e. The maximum atomic E-state index is 13.8. The standard InChI is InChI=1S/C24H35FN4O/c1-19-5-10-22(18-23(19)25)29-16-14-28(15-17-29)13-11-20-6-8-21(9-7-20)27-24(30)4-2-3-12-26/h5,10,18,20-21H,2-4,6-9,11,13-17H2,1H3,(H,27,30). The smallest absolute Gasteiger partial charge is 0.220 e. The van der Waals surface area contributed by atoms with Gasteiger partial charge in [0.2, 0.25) is 5.91 Å². The number of benzene rings is 1. The van der Waals surface area contributed by atoms with E-state index in [1.54, 1.807) is 13.0 Å². The van der Waals surface area contributed by atoms with Gasteiger partial charge in [-0.3, -0.25) is 9.69 Å². The van der Waals surface area contributed by atoms with E-state index in [0.717, 1.165) is 57.2 Å². The van der Waals surface area contributed by atoms with Crippen LogP contribution in [0.4, 0.5) is 10.1 Å². The average molecular weight is 415 g/mol. The first-order chi connectivity index (χ1) is 14.5. The number of piperazine rings is 1. The molecule has 0 spiro atoms. The Morgan fingerprint density at radius 3 is 2.60 bits per heavy atom. The lowest BCUT2D eigenvalue weighted by molar-refractivity contribution is -0.122. The molecule has 0 atom stereocenters. The van der Waals surface area contributed by atoms with Gasteiger partial charge in [-0.15, -0.1) is 0 Å². The molecule has 1 amide bonds. The van der Waals surface area contributed by atoms with Crippen molar-refractivity contribution in [2.75, 3.05) is 37.6 Å². The first-order valence-corrected chi connectivity index (χ1v) is 11.4. The van der Waals surface area contributed by atoms with Crippen LogP contribution in [-0.4, -0.2) is 49.6 Å². The van der Waals surface area contributed by atoms with Gasteiger partial charge in [-0.05, 0) is 75.6 Å². The molecule has 2 aliphatic rings. The van der Waals surface area contributed by atoms with Crippen LogP contribution in [0.3, 0.4) is 0 Å². The van der Waals surface area contributed by atoms with Crippen molar-refractivity contribution in [2.24, 2.45) is 5.92 Å². The minimum absolute atomic E-state index is 0.0972. The predicted molar refractivity (Wildman–Crippen MR) is 118 cm³/mol. The quantitative estimate of drug-likeness (QED) is 0.653. The van der Waals surface area contributed by atoms with Crippen molar-refractivity contribution < 1.29 is 9.18 Å². The van der Waals surface area contributed by atoms with Gasteiger partial charge in [0, 0.05) is 50.7 Å². The second-order valence-corrected chi connectivity index (χ2v) is 8.85. The molecule has 6 heteroatoms. The number of aryl methyl sites for hydroxylation is 1. The number of carbonyl (C=O) groups is 1. The number of unbranched alkanes of at least 4 members (excludes halogenated alkanes) is 1. The van der Waals surface area contributed by atoms with Crippen molar-refractivity contribution >= 4 is 11.6 Å². The Bertz CT molecular complexity index is 731. The molecule has 0 radical (unpaired) electrons. The molecule has 1 aliphatic carbocycles. The molecule has 164 valence electrons. The molecule has 0 bridgehead atoms. The molecule has 30 heavy (non-hydrogen) atoms. The summed E-state index contributed by atoms with van der Waals surface area (Å²) in [5.41, 5.74) is 1.69. The molecule has 1 aromatic rings. The summed E-state index contributed by atoms with van der Waals surface area (Å²) in [5.74, 6) is 0.727. The Hall–Kier alpha value is -2.13. The molecule has 1 aromatic carbocycles. The van der Waals surface area contributed by atoms with Crippen LogP contribution in [0.1, 0.15) is 56.9 Å². The second kappa shape index (κ2) is 11.3. The van der Waals surface area contributed by atoms with Gasteiger partial charge in [-0.25, -0.2) is 4.39 Å². The highest BCUT2D eigenvalue weighted by Gasteiger charge is 2.24. The number of carbonyl (C=O) groups excluding carboxylic acids is 1. The largest absolute Gasteiger partial charge is 0.369 e. The molecule has 0 unspecified atom stereocenters. The molecule has 1 N–H and O–H groups in total. The molecule has 1 saturated heterocycles. The Balaban J connectivity index is 1.30. The van der Waals surface area contributed by atoms with Crippen LogP contribution in [0.25, 0.3) is 0 Å². The SMILES string of the molecule is Cc1ccc(N2CCN(CCC3CCC(NC(=O)CCCC#N)CC3)CC2)cc1F. The summed E-state index contributed by atoms with van der Waals surface area (Å²) in [5, 5.41) is 11.7. The van der Waals surface area contributed by atoms with Crippen molar-refractivity contribution in [3.63, 3.8) is 0 Å². The molecule has 1 saturated carbocycles. The van der Waals surface area contributed by atoms with Gasteiger partial charge in [0.1, 0.15) is 5.82 Å². The molecule has 3 rings (SSSR count). The maximum absolute atomic E-state index is 13.8. The molecule has 1 heterocycles. The number of hydrogen-bond acceptors (Lipinski definition) is 4. The van der Waals surface area contributed by atoms with Crippen molar-refractivity contribution in [2.45, 2.75) is 64.3 Å². The fraction of sp³-hybridized carbons (Fsp3) is 0.667. The second-order valence-electron chi connectivity index (χ2n) is 8.85. The summed E-state index contributed by atoms with van der Waals surface area (Å²) in [6, 6.07) is 7.95. The van der Waals surface area contributed by atoms with Crippen LogP contribution in [0, 0.1) is 30.0 Å². The van der Waals surface area contributed by atoms with E-state index in [2.05, 4.69) is 21.2 Å². The molecular weight excluding hydrogens is 379 g/mol. The molecular formula is C24H35FN4O. The lowest BCUT2D eigenvalue weighted by Gasteiger charge is -2.37. The third kappa shape index (κ3) is 6.70. The molecule has 2 fully saturated rings. The van der Waals surface area contributed by atoms with Gasteiger partial charge < -0.3 is 10.2 Å². The van der Waals surface area contributed by atoms with E-state index in [1.165, 1.54) is 19.3 Å². The summed E-state index contributed by atoms with van der Waals surface area (Å²) in [6.45, 7) is 6.90. The van der Waals surface area contributed by atoms with Gasteiger partial charge in [0.05, 0.1) is 6.07 Å². The topological polar surface area (TPSA) is 59.4 Å². The van der Waals surface area contributed by atoms with E-state index in [-0.39, 0.29) is 11.7 Å². The zero-order valence-corrected chi connectivity index (χ0v) is 18.2. The number of rotatable bonds is 8. The molecule has 1 aliphatic heterocycles. The van der Waals surface area contributed by atoms with Gasteiger partial charge >= 0.3 is 0 Å². The Labute approximate surface area is 180 Å². The normalized spacial score (nSPS) is 22.5. The first-order valence-electron chi connectivity index (χ1n) is 11.4. The maximum Gasteiger partial charge on any atom is 0.220 e. The van der Waals surface area contributed by atoms with E-state index in [0.29, 0.717) is 30.9 Å². The van der Waals surface area contributed by atoms with Crippen LogP contribution in [0.5, 0.6) is 0 Å². The van der Waals surface area contributed by atoms with Crippen molar-refractivity contribution in [3.05, 3.63) is 29.6 Å². The zero-order valence-electron chi connectivity index (χ0n) is 18.2. The van der Waals surface area contributed by atoms with Crippen molar-refractivity contribution in [1.82, 2.24) is 10.2 Å². The minimum atomic E-state index is -0.121. The van der Waals surface area contributed by atoms with E-state index in [1.807, 2.05) is 12.1 Å². The monoisotopic (exact) mass is 414 g/mol. The Morgan fingerprint density at radius 2 is 1.93 bits per heavy atom. The number of nitrogens with one attached hydrogen (secondary N) is 1. The number of anilines is 1. The van der Waals surface area contributed by atoms with E-state index < -0.39 is 0 Å². The summed E-state index contributed by atoms with van der Waals surface area (Å²) in [6.07, 6.45) is 7.32. The fourth-order valence-electron chi connectivity index (χ4n) is 4.60. The Morgan fingerprint density at radius 1 is 1.20 bits per heavy atom. The van der Waals surface area contributed by atoms with E-state index >= 15 is 0 Å². The van der Waals surface area contributed by atoms with Crippen LogP contribution in [0.2, 0.25) is 0 Å². The van der Waals surface area contributed by atoms with Crippen molar-refractivity contribution in [3.8, 4) is 6.07 Å². The number of hydrogen-bond donors (Lipinski definition) is 1. The third-order valence-electron chi connectivity index (χ3n) is 6.65. The summed E-state index contributed by atoms with van der Waals surface area (Å²) < 4.78 is 13.8. The third-order valence-corrected chi connectivity index (χ3v) is 6.65. The molecule has 5 nitrogen and oxygen atoms in total. The molecule has 0 aromatic heterocycles. The van der Waals surface area contributed by atoms with E-state index in [4.69, 9.17) is 5.26 Å². The van der Waals surface area contributed by atoms with Gasteiger partial charge in [0.15, 0.2) is 0 Å². The van der Waals surface area contributed by atoms with Gasteiger partial charge in [-0.1, -0.05) is 6.07 Å². The highest BCUT2D eigenvalue weighted by molar-refractivity contribution is 5.76. The van der Waals surface area contributed by atoms with Crippen LogP contribution in [0.15, 0.2) is 18.2 Å².